The molecule has 2 heteroatoms. The third kappa shape index (κ3) is 3.43. The Hall–Kier alpha value is -1.57. The molecule has 0 aromatic heterocycles. The Kier molecular flexibility index (Phi) is 4.12. The first-order chi connectivity index (χ1) is 10.4. The molecule has 2 aliphatic carbocycles. The number of nitrogens with one attached hydrogen (secondary N) is 1. The zero-order valence-electron chi connectivity index (χ0n) is 13.9. The Balaban J connectivity index is 1.56. The van der Waals surface area contributed by atoms with Crippen LogP contribution in [0.1, 0.15) is 57.6 Å². The molecule has 1 aromatic rings. The molecule has 1 amide bonds. The van der Waals surface area contributed by atoms with E-state index in [9.17, 15) is 4.79 Å². The number of benzene rings is 1. The summed E-state index contributed by atoms with van der Waals surface area (Å²) in [5, 5.41) is 3.19. The first kappa shape index (κ1) is 15.3. The number of rotatable bonds is 3. The summed E-state index contributed by atoms with van der Waals surface area (Å²) in [4.78, 5) is 12.1. The zero-order chi connectivity index (χ0) is 15.7. The fraction of sp³-hybridized carbons (Fsp3) is 0.550. The Morgan fingerprint density at radius 2 is 1.86 bits per heavy atom. The molecule has 0 radical (unpaired) electrons. The lowest BCUT2D eigenvalue weighted by molar-refractivity contribution is -0.117. The number of carbonyl (C=O) groups excluding carboxylic acids is 1. The van der Waals surface area contributed by atoms with Crippen LogP contribution in [0.4, 0.5) is 0 Å². The molecule has 22 heavy (non-hydrogen) atoms. The van der Waals surface area contributed by atoms with Crippen LogP contribution < -0.4 is 5.32 Å². The standard InChI is InChI=1S/C20H27NO/c1-20(2,3)17-9-5-14(6-10-17)7-11-19(22)21-18-13-15-4-8-16(18)12-15/h5-7,9-11,15-16,18H,4,8,12-13H2,1-3H3,(H,21,22)/b11-7+. The molecule has 3 rings (SSSR count). The van der Waals surface area contributed by atoms with Gasteiger partial charge in [-0.3, -0.25) is 4.79 Å². The van der Waals surface area contributed by atoms with Crippen LogP contribution >= 0.6 is 0 Å². The van der Waals surface area contributed by atoms with E-state index in [2.05, 4.69) is 50.4 Å². The van der Waals surface area contributed by atoms with E-state index in [1.807, 2.05) is 6.08 Å². The highest BCUT2D eigenvalue weighted by Crippen LogP contribution is 2.44. The van der Waals surface area contributed by atoms with Crippen LogP contribution in [0.25, 0.3) is 6.08 Å². The van der Waals surface area contributed by atoms with E-state index in [4.69, 9.17) is 0 Å². The van der Waals surface area contributed by atoms with Crippen molar-refractivity contribution >= 4 is 12.0 Å². The van der Waals surface area contributed by atoms with Crippen molar-refractivity contribution < 1.29 is 4.79 Å². The van der Waals surface area contributed by atoms with Crippen LogP contribution in [-0.2, 0) is 10.2 Å². The largest absolute Gasteiger partial charge is 0.350 e. The molecule has 2 nitrogen and oxygen atoms in total. The second kappa shape index (κ2) is 5.91. The van der Waals surface area contributed by atoms with Crippen molar-refractivity contribution in [2.24, 2.45) is 11.8 Å². The summed E-state index contributed by atoms with van der Waals surface area (Å²) < 4.78 is 0. The highest BCUT2D eigenvalue weighted by Gasteiger charge is 2.39. The second-order valence-corrected chi connectivity index (χ2v) is 8.00. The molecule has 3 unspecified atom stereocenters. The molecule has 0 heterocycles. The number of fused-ring (bicyclic) bond motifs is 2. The van der Waals surface area contributed by atoms with Gasteiger partial charge in [0, 0.05) is 12.1 Å². The summed E-state index contributed by atoms with van der Waals surface area (Å²) in [7, 11) is 0. The maximum absolute atomic E-state index is 12.1. The van der Waals surface area contributed by atoms with Crippen LogP contribution in [0.2, 0.25) is 0 Å². The minimum absolute atomic E-state index is 0.0532. The Morgan fingerprint density at radius 3 is 2.41 bits per heavy atom. The molecule has 1 aromatic carbocycles. The zero-order valence-corrected chi connectivity index (χ0v) is 13.9. The Labute approximate surface area is 134 Å². The van der Waals surface area contributed by atoms with E-state index in [-0.39, 0.29) is 11.3 Å². The van der Waals surface area contributed by atoms with Crippen LogP contribution in [0.15, 0.2) is 30.3 Å². The van der Waals surface area contributed by atoms with E-state index < -0.39 is 0 Å². The van der Waals surface area contributed by atoms with Gasteiger partial charge in [0.2, 0.25) is 5.91 Å². The third-order valence-electron chi connectivity index (χ3n) is 5.27. The van der Waals surface area contributed by atoms with Gasteiger partial charge < -0.3 is 5.32 Å². The van der Waals surface area contributed by atoms with Gasteiger partial charge in [-0.1, -0.05) is 51.5 Å². The summed E-state index contributed by atoms with van der Waals surface area (Å²) in [5.41, 5.74) is 2.56. The fourth-order valence-corrected chi connectivity index (χ4v) is 3.92. The lowest BCUT2D eigenvalue weighted by atomic mass is 9.87. The van der Waals surface area contributed by atoms with Crippen LogP contribution in [-0.4, -0.2) is 11.9 Å². The van der Waals surface area contributed by atoms with Crippen molar-refractivity contribution in [3.8, 4) is 0 Å². The molecular formula is C20H27NO. The van der Waals surface area contributed by atoms with Crippen molar-refractivity contribution in [2.45, 2.75) is 57.9 Å². The second-order valence-electron chi connectivity index (χ2n) is 8.00. The Bertz CT molecular complexity index is 564. The fourth-order valence-electron chi connectivity index (χ4n) is 3.92. The number of carbonyl (C=O) groups is 1. The van der Waals surface area contributed by atoms with Gasteiger partial charge in [0.05, 0.1) is 0 Å². The molecule has 0 spiro atoms. The van der Waals surface area contributed by atoms with Gasteiger partial charge in [0.1, 0.15) is 0 Å². The summed E-state index contributed by atoms with van der Waals surface area (Å²) in [6.45, 7) is 6.63. The Morgan fingerprint density at radius 1 is 1.14 bits per heavy atom. The molecule has 2 aliphatic rings. The normalized spacial score (nSPS) is 27.5. The first-order valence-corrected chi connectivity index (χ1v) is 8.51. The predicted octanol–water partition coefficient (Wildman–Crippen LogP) is 4.30. The average molecular weight is 297 g/mol. The van der Waals surface area contributed by atoms with Crippen molar-refractivity contribution in [2.75, 3.05) is 0 Å². The molecule has 118 valence electrons. The third-order valence-corrected chi connectivity index (χ3v) is 5.27. The van der Waals surface area contributed by atoms with Gasteiger partial charge in [0.25, 0.3) is 0 Å². The number of hydrogen-bond acceptors (Lipinski definition) is 1. The number of amides is 1. The lowest BCUT2D eigenvalue weighted by Gasteiger charge is -2.22. The van der Waals surface area contributed by atoms with E-state index in [1.54, 1.807) is 6.08 Å². The van der Waals surface area contributed by atoms with E-state index in [0.717, 1.165) is 17.4 Å². The van der Waals surface area contributed by atoms with Crippen molar-refractivity contribution in [3.05, 3.63) is 41.5 Å². The van der Waals surface area contributed by atoms with Gasteiger partial charge in [0.15, 0.2) is 0 Å². The minimum atomic E-state index is 0.0532. The summed E-state index contributed by atoms with van der Waals surface area (Å²) in [6.07, 6.45) is 8.76. The molecule has 2 fully saturated rings. The summed E-state index contributed by atoms with van der Waals surface area (Å²) in [5.74, 6) is 1.65. The van der Waals surface area contributed by atoms with Crippen molar-refractivity contribution in [1.29, 1.82) is 0 Å². The van der Waals surface area contributed by atoms with Gasteiger partial charge in [-0.05, 0) is 53.7 Å². The summed E-state index contributed by atoms with van der Waals surface area (Å²) >= 11 is 0. The molecule has 0 aliphatic heterocycles. The maximum atomic E-state index is 12.1. The summed E-state index contributed by atoms with van der Waals surface area (Å²) in [6, 6.07) is 8.88. The van der Waals surface area contributed by atoms with Crippen molar-refractivity contribution in [1.82, 2.24) is 5.32 Å². The molecule has 2 bridgehead atoms. The molecule has 1 N–H and O–H groups in total. The van der Waals surface area contributed by atoms with E-state index >= 15 is 0 Å². The first-order valence-electron chi connectivity index (χ1n) is 8.51. The SMILES string of the molecule is CC(C)(C)c1ccc(/C=C/C(=O)NC2CC3CCC2C3)cc1. The maximum Gasteiger partial charge on any atom is 0.244 e. The highest BCUT2D eigenvalue weighted by molar-refractivity contribution is 5.91. The predicted molar refractivity (Wildman–Crippen MR) is 91.6 cm³/mol. The van der Waals surface area contributed by atoms with Crippen LogP contribution in [0, 0.1) is 11.8 Å². The van der Waals surface area contributed by atoms with Crippen LogP contribution in [0.3, 0.4) is 0 Å². The molecule has 3 atom stereocenters. The molecule has 0 saturated heterocycles. The average Bonchev–Trinajstić information content (AvgIpc) is 3.07. The van der Waals surface area contributed by atoms with Crippen molar-refractivity contribution in [3.63, 3.8) is 0 Å². The van der Waals surface area contributed by atoms with E-state index in [1.165, 1.54) is 31.2 Å². The van der Waals surface area contributed by atoms with Crippen LogP contribution in [0.5, 0.6) is 0 Å². The topological polar surface area (TPSA) is 29.1 Å². The lowest BCUT2D eigenvalue weighted by Crippen LogP contribution is -2.37. The van der Waals surface area contributed by atoms with Gasteiger partial charge in [-0.25, -0.2) is 0 Å². The monoisotopic (exact) mass is 297 g/mol. The van der Waals surface area contributed by atoms with Gasteiger partial charge in [-0.15, -0.1) is 0 Å². The van der Waals surface area contributed by atoms with E-state index in [0.29, 0.717) is 6.04 Å². The van der Waals surface area contributed by atoms with Gasteiger partial charge >= 0.3 is 0 Å². The molecular weight excluding hydrogens is 270 g/mol. The highest BCUT2D eigenvalue weighted by atomic mass is 16.1. The quantitative estimate of drug-likeness (QED) is 0.828. The number of hydrogen-bond donors (Lipinski definition) is 1. The molecule has 2 saturated carbocycles. The smallest absolute Gasteiger partial charge is 0.244 e. The minimum Gasteiger partial charge on any atom is -0.350 e. The van der Waals surface area contributed by atoms with Gasteiger partial charge in [-0.2, -0.15) is 0 Å².